The minimum Gasteiger partial charge on any atom is -0.376 e. The lowest BCUT2D eigenvalue weighted by atomic mass is 10.1. The number of ether oxygens (including phenoxy) is 1. The zero-order valence-corrected chi connectivity index (χ0v) is 19.1. The number of nitrogens with one attached hydrogen (secondary N) is 2. The molecule has 1 atom stereocenters. The van der Waals surface area contributed by atoms with Crippen LogP contribution in [0.4, 0.5) is 5.82 Å². The Bertz CT molecular complexity index is 929. The molecule has 0 spiro atoms. The molecule has 2 heterocycles. The van der Waals surface area contributed by atoms with E-state index in [0.717, 1.165) is 30.4 Å². The van der Waals surface area contributed by atoms with Gasteiger partial charge in [-0.05, 0) is 49.4 Å². The van der Waals surface area contributed by atoms with Crippen LogP contribution in [0.5, 0.6) is 0 Å². The Kier molecular flexibility index (Phi) is 9.38. The first-order valence-electron chi connectivity index (χ1n) is 11.4. The molecule has 3 amide bonds. The van der Waals surface area contributed by atoms with Crippen LogP contribution in [-0.4, -0.2) is 60.0 Å². The van der Waals surface area contributed by atoms with Crippen LogP contribution in [0.15, 0.2) is 48.7 Å². The third-order valence-corrected chi connectivity index (χ3v) is 5.46. The summed E-state index contributed by atoms with van der Waals surface area (Å²) in [6, 6.07) is 13.5. The van der Waals surface area contributed by atoms with E-state index >= 15 is 0 Å². The molecule has 8 nitrogen and oxygen atoms in total. The van der Waals surface area contributed by atoms with E-state index < -0.39 is 0 Å². The van der Waals surface area contributed by atoms with Crippen LogP contribution in [0.25, 0.3) is 0 Å². The maximum absolute atomic E-state index is 12.9. The number of carbonyl (C=O) groups excluding carboxylic acids is 3. The van der Waals surface area contributed by atoms with E-state index in [2.05, 4.69) is 15.6 Å². The molecule has 1 saturated heterocycles. The van der Waals surface area contributed by atoms with Gasteiger partial charge in [0.25, 0.3) is 0 Å². The van der Waals surface area contributed by atoms with Crippen molar-refractivity contribution in [1.82, 2.24) is 15.2 Å². The van der Waals surface area contributed by atoms with E-state index in [1.165, 1.54) is 4.90 Å². The molecule has 3 rings (SSSR count). The van der Waals surface area contributed by atoms with Gasteiger partial charge in [0.2, 0.25) is 17.7 Å². The number of carbonyl (C=O) groups is 3. The Balaban J connectivity index is 1.48. The number of benzene rings is 1. The monoisotopic (exact) mass is 452 g/mol. The van der Waals surface area contributed by atoms with Crippen molar-refractivity contribution in [1.29, 1.82) is 0 Å². The number of nitrogens with zero attached hydrogens (tertiary/aromatic N) is 2. The summed E-state index contributed by atoms with van der Waals surface area (Å²) in [5.41, 5.74) is 2.12. The molecule has 1 fully saturated rings. The van der Waals surface area contributed by atoms with Gasteiger partial charge in [0.15, 0.2) is 0 Å². The van der Waals surface area contributed by atoms with E-state index in [9.17, 15) is 14.4 Å². The summed E-state index contributed by atoms with van der Waals surface area (Å²) in [6.45, 7) is 3.38. The standard InChI is InChI=1S/C25H32N4O4/c1-19-11-13-26-22(16-19)28-23(30)9-10-25(32)29(17-21-8-5-15-33-21)18-24(31)27-14-12-20-6-3-2-4-7-20/h2-4,6-7,11,13,16,21H,5,8-10,12,14-15,17-18H2,1H3,(H,27,31)(H,26,28,30)/t21-/m1/s1. The van der Waals surface area contributed by atoms with Crippen LogP contribution in [0, 0.1) is 6.92 Å². The Morgan fingerprint density at radius 2 is 1.94 bits per heavy atom. The summed E-state index contributed by atoms with van der Waals surface area (Å²) in [7, 11) is 0. The molecular weight excluding hydrogens is 420 g/mol. The predicted molar refractivity (Wildman–Crippen MR) is 126 cm³/mol. The molecule has 1 aliphatic rings. The van der Waals surface area contributed by atoms with Gasteiger partial charge in [0.05, 0.1) is 12.6 Å². The average molecular weight is 453 g/mol. The molecule has 0 radical (unpaired) electrons. The van der Waals surface area contributed by atoms with Crippen LogP contribution in [0.3, 0.4) is 0 Å². The number of amides is 3. The first-order valence-corrected chi connectivity index (χ1v) is 11.4. The zero-order chi connectivity index (χ0) is 23.5. The fourth-order valence-electron chi connectivity index (χ4n) is 3.70. The summed E-state index contributed by atoms with van der Waals surface area (Å²) in [4.78, 5) is 43.2. The number of pyridine rings is 1. The van der Waals surface area contributed by atoms with Gasteiger partial charge >= 0.3 is 0 Å². The highest BCUT2D eigenvalue weighted by Crippen LogP contribution is 2.14. The normalized spacial score (nSPS) is 15.1. The lowest BCUT2D eigenvalue weighted by molar-refractivity contribution is -0.138. The van der Waals surface area contributed by atoms with Crippen molar-refractivity contribution in [2.24, 2.45) is 0 Å². The number of aromatic nitrogens is 1. The Morgan fingerprint density at radius 3 is 2.67 bits per heavy atom. The maximum atomic E-state index is 12.9. The number of rotatable bonds is 11. The minimum absolute atomic E-state index is 0.0155. The second-order valence-electron chi connectivity index (χ2n) is 8.26. The van der Waals surface area contributed by atoms with Crippen molar-refractivity contribution >= 4 is 23.5 Å². The molecule has 1 aromatic carbocycles. The van der Waals surface area contributed by atoms with Crippen molar-refractivity contribution in [3.8, 4) is 0 Å². The summed E-state index contributed by atoms with van der Waals surface area (Å²) in [5.74, 6) is -0.283. The quantitative estimate of drug-likeness (QED) is 0.546. The highest BCUT2D eigenvalue weighted by atomic mass is 16.5. The third kappa shape index (κ3) is 8.65. The van der Waals surface area contributed by atoms with E-state index in [4.69, 9.17) is 4.74 Å². The summed E-state index contributed by atoms with van der Waals surface area (Å²) in [5, 5.41) is 5.59. The lowest BCUT2D eigenvalue weighted by Gasteiger charge is -2.25. The second-order valence-corrected chi connectivity index (χ2v) is 8.26. The molecule has 0 bridgehead atoms. The Morgan fingerprint density at radius 1 is 1.12 bits per heavy atom. The molecule has 0 aliphatic carbocycles. The molecule has 176 valence electrons. The Labute approximate surface area is 194 Å². The molecule has 33 heavy (non-hydrogen) atoms. The van der Waals surface area contributed by atoms with E-state index in [1.807, 2.05) is 43.3 Å². The molecule has 1 aromatic heterocycles. The summed E-state index contributed by atoms with van der Waals surface area (Å²) >= 11 is 0. The maximum Gasteiger partial charge on any atom is 0.239 e. The number of hydrogen-bond acceptors (Lipinski definition) is 5. The van der Waals surface area contributed by atoms with Gasteiger partial charge in [-0.3, -0.25) is 14.4 Å². The van der Waals surface area contributed by atoms with Gasteiger partial charge in [-0.15, -0.1) is 0 Å². The number of anilines is 1. The summed E-state index contributed by atoms with van der Waals surface area (Å²) in [6.07, 6.45) is 4.11. The minimum atomic E-state index is -0.286. The Hall–Kier alpha value is -3.26. The first-order chi connectivity index (χ1) is 16.0. The van der Waals surface area contributed by atoms with Gasteiger partial charge in [-0.2, -0.15) is 0 Å². The van der Waals surface area contributed by atoms with E-state index in [0.29, 0.717) is 25.5 Å². The second kappa shape index (κ2) is 12.7. The van der Waals surface area contributed by atoms with Crippen LogP contribution in [0.1, 0.15) is 36.8 Å². The lowest BCUT2D eigenvalue weighted by Crippen LogP contribution is -2.44. The van der Waals surface area contributed by atoms with Gasteiger partial charge in [0, 0.05) is 38.7 Å². The highest BCUT2D eigenvalue weighted by Gasteiger charge is 2.24. The van der Waals surface area contributed by atoms with Crippen LogP contribution < -0.4 is 10.6 Å². The van der Waals surface area contributed by atoms with Crippen molar-refractivity contribution in [3.63, 3.8) is 0 Å². The first kappa shape index (κ1) is 24.4. The van der Waals surface area contributed by atoms with Gasteiger partial charge in [-0.1, -0.05) is 30.3 Å². The van der Waals surface area contributed by atoms with Crippen LogP contribution >= 0.6 is 0 Å². The largest absolute Gasteiger partial charge is 0.376 e. The van der Waals surface area contributed by atoms with Crippen molar-refractivity contribution < 1.29 is 19.1 Å². The highest BCUT2D eigenvalue weighted by molar-refractivity contribution is 5.93. The van der Waals surface area contributed by atoms with Crippen molar-refractivity contribution in [2.45, 2.75) is 45.1 Å². The van der Waals surface area contributed by atoms with Gasteiger partial charge in [-0.25, -0.2) is 4.98 Å². The zero-order valence-electron chi connectivity index (χ0n) is 19.1. The van der Waals surface area contributed by atoms with Crippen molar-refractivity contribution in [2.75, 3.05) is 31.6 Å². The molecule has 2 aromatic rings. The fourth-order valence-corrected chi connectivity index (χ4v) is 3.70. The number of hydrogen-bond donors (Lipinski definition) is 2. The number of aryl methyl sites for hydroxylation is 1. The topological polar surface area (TPSA) is 101 Å². The molecule has 0 unspecified atom stereocenters. The third-order valence-electron chi connectivity index (χ3n) is 5.46. The molecule has 0 saturated carbocycles. The molecular formula is C25H32N4O4. The SMILES string of the molecule is Cc1ccnc(NC(=O)CCC(=O)N(CC(=O)NCCc2ccccc2)C[C@H]2CCCO2)c1. The molecule has 8 heteroatoms. The van der Waals surface area contributed by atoms with Crippen LogP contribution in [-0.2, 0) is 25.5 Å². The smallest absolute Gasteiger partial charge is 0.239 e. The van der Waals surface area contributed by atoms with Gasteiger partial charge < -0.3 is 20.3 Å². The average Bonchev–Trinajstić information content (AvgIpc) is 3.31. The molecule has 2 N–H and O–H groups in total. The van der Waals surface area contributed by atoms with E-state index in [1.54, 1.807) is 12.3 Å². The van der Waals surface area contributed by atoms with Gasteiger partial charge in [0.1, 0.15) is 5.82 Å². The van der Waals surface area contributed by atoms with Crippen molar-refractivity contribution in [3.05, 3.63) is 59.8 Å². The van der Waals surface area contributed by atoms with Crippen LogP contribution in [0.2, 0.25) is 0 Å². The molecule has 1 aliphatic heterocycles. The van der Waals surface area contributed by atoms with E-state index in [-0.39, 0.29) is 43.2 Å². The fraction of sp³-hybridized carbons (Fsp3) is 0.440. The predicted octanol–water partition coefficient (Wildman–Crippen LogP) is 2.48. The summed E-state index contributed by atoms with van der Waals surface area (Å²) < 4.78 is 5.66.